The smallest absolute Gasteiger partial charge is 0.344 e. The van der Waals surface area contributed by atoms with Crippen LogP contribution in [0.1, 0.15) is 11.1 Å². The van der Waals surface area contributed by atoms with Crippen molar-refractivity contribution in [1.29, 1.82) is 0 Å². The number of para-hydroxylation sites is 1. The third kappa shape index (κ3) is 4.88. The molecule has 0 saturated heterocycles. The van der Waals surface area contributed by atoms with Gasteiger partial charge in [0.05, 0.1) is 0 Å². The fourth-order valence-corrected chi connectivity index (χ4v) is 2.60. The predicted octanol–water partition coefficient (Wildman–Crippen LogP) is 3.41. The highest BCUT2D eigenvalue weighted by Gasteiger charge is 2.08. The lowest BCUT2D eigenvalue weighted by molar-refractivity contribution is -0.146. The molecule has 3 aromatic rings. The Bertz CT molecular complexity index is 1000. The lowest BCUT2D eigenvalue weighted by atomic mass is 10.1. The van der Waals surface area contributed by atoms with E-state index >= 15 is 0 Å². The van der Waals surface area contributed by atoms with Gasteiger partial charge < -0.3 is 18.6 Å². The normalized spacial score (nSPS) is 10.6. The van der Waals surface area contributed by atoms with E-state index in [0.29, 0.717) is 11.3 Å². The lowest BCUT2D eigenvalue weighted by Crippen LogP contribution is -2.18. The summed E-state index contributed by atoms with van der Waals surface area (Å²) in [5, 5.41) is 0.817. The van der Waals surface area contributed by atoms with Crippen LogP contribution in [0.3, 0.4) is 0 Å². The molecule has 0 saturated carbocycles. The van der Waals surface area contributed by atoms with Gasteiger partial charge in [0.2, 0.25) is 0 Å². The van der Waals surface area contributed by atoms with Gasteiger partial charge in [-0.1, -0.05) is 18.2 Å². The molecule has 0 fully saturated rings. The molecule has 0 bridgehead atoms. The molecule has 6 nitrogen and oxygen atoms in total. The van der Waals surface area contributed by atoms with Crippen LogP contribution >= 0.6 is 0 Å². The van der Waals surface area contributed by atoms with Crippen LogP contribution in [0.15, 0.2) is 57.7 Å². The van der Waals surface area contributed by atoms with Crippen LogP contribution in [0.2, 0.25) is 0 Å². The predicted molar refractivity (Wildman–Crippen MR) is 100 cm³/mol. The van der Waals surface area contributed by atoms with Gasteiger partial charge in [-0.2, -0.15) is 0 Å². The maximum Gasteiger partial charge on any atom is 0.344 e. The van der Waals surface area contributed by atoms with Gasteiger partial charge in [-0.25, -0.2) is 9.59 Å². The molecule has 0 N–H and O–H groups in total. The van der Waals surface area contributed by atoms with E-state index in [0.717, 1.165) is 22.3 Å². The van der Waals surface area contributed by atoms with Crippen molar-refractivity contribution >= 4 is 16.9 Å². The maximum absolute atomic E-state index is 11.8. The second-order valence-electron chi connectivity index (χ2n) is 6.03. The molecule has 6 heteroatoms. The number of carbonyl (C=O) groups is 1. The van der Waals surface area contributed by atoms with E-state index in [9.17, 15) is 9.59 Å². The van der Waals surface area contributed by atoms with E-state index in [-0.39, 0.29) is 19.8 Å². The number of ether oxygens (including phenoxy) is 3. The molecule has 1 aromatic heterocycles. The van der Waals surface area contributed by atoms with E-state index in [4.69, 9.17) is 18.6 Å². The summed E-state index contributed by atoms with van der Waals surface area (Å²) in [4.78, 5) is 23.2. The third-order valence-electron chi connectivity index (χ3n) is 3.98. The van der Waals surface area contributed by atoms with Gasteiger partial charge in [0.15, 0.2) is 6.61 Å². The summed E-state index contributed by atoms with van der Waals surface area (Å²) in [6, 6.07) is 14.1. The Balaban J connectivity index is 1.47. The molecule has 0 spiro atoms. The van der Waals surface area contributed by atoms with Crippen molar-refractivity contribution in [3.8, 4) is 11.5 Å². The first-order chi connectivity index (χ1) is 13.0. The van der Waals surface area contributed by atoms with Crippen LogP contribution in [0, 0.1) is 13.8 Å². The number of hydrogen-bond acceptors (Lipinski definition) is 6. The molecule has 0 aliphatic carbocycles. The topological polar surface area (TPSA) is 75.0 Å². The highest BCUT2D eigenvalue weighted by molar-refractivity contribution is 5.81. The number of hydrogen-bond donors (Lipinski definition) is 0. The van der Waals surface area contributed by atoms with Crippen molar-refractivity contribution in [2.75, 3.05) is 19.8 Å². The molecule has 2 aromatic carbocycles. The number of benzene rings is 2. The first-order valence-corrected chi connectivity index (χ1v) is 8.54. The van der Waals surface area contributed by atoms with Gasteiger partial charge in [-0.3, -0.25) is 0 Å². The van der Waals surface area contributed by atoms with Crippen molar-refractivity contribution in [2.45, 2.75) is 13.8 Å². The molecule has 0 amide bonds. The monoisotopic (exact) mass is 368 g/mol. The zero-order valence-corrected chi connectivity index (χ0v) is 15.2. The highest BCUT2D eigenvalue weighted by Crippen LogP contribution is 2.22. The van der Waals surface area contributed by atoms with Crippen LogP contribution < -0.4 is 15.1 Å². The van der Waals surface area contributed by atoms with Crippen LogP contribution in [0.5, 0.6) is 11.5 Å². The second kappa shape index (κ2) is 8.40. The summed E-state index contributed by atoms with van der Waals surface area (Å²) in [6.07, 6.45) is 0. The van der Waals surface area contributed by atoms with Gasteiger partial charge in [0.1, 0.15) is 30.3 Å². The fraction of sp³-hybridized carbons (Fsp3) is 0.238. The van der Waals surface area contributed by atoms with Gasteiger partial charge in [-0.05, 0) is 43.2 Å². The standard InChI is InChI=1S/C21H20O6/c1-14-5-3-4-6-18(14)24-9-10-25-21(23)13-26-16-7-8-17-15(2)11-20(22)27-19(17)12-16/h3-8,11-12H,9-10,13H2,1-2H3. The Kier molecular flexibility index (Phi) is 5.76. The van der Waals surface area contributed by atoms with Crippen LogP contribution in [-0.4, -0.2) is 25.8 Å². The molecule has 140 valence electrons. The summed E-state index contributed by atoms with van der Waals surface area (Å²) in [5.74, 6) is 0.677. The van der Waals surface area contributed by atoms with Crippen LogP contribution in [-0.2, 0) is 9.53 Å². The molecule has 0 aliphatic heterocycles. The largest absolute Gasteiger partial charge is 0.490 e. The molecule has 27 heavy (non-hydrogen) atoms. The summed E-state index contributed by atoms with van der Waals surface area (Å²) >= 11 is 0. The quantitative estimate of drug-likeness (QED) is 0.361. The minimum absolute atomic E-state index is 0.127. The average molecular weight is 368 g/mol. The van der Waals surface area contributed by atoms with E-state index in [1.165, 1.54) is 6.07 Å². The maximum atomic E-state index is 11.8. The highest BCUT2D eigenvalue weighted by atomic mass is 16.6. The Hall–Kier alpha value is -3.28. The first-order valence-electron chi connectivity index (χ1n) is 8.54. The molecular formula is C21H20O6. The van der Waals surface area contributed by atoms with Crippen molar-refractivity contribution in [3.63, 3.8) is 0 Å². The average Bonchev–Trinajstić information content (AvgIpc) is 2.64. The van der Waals surface area contributed by atoms with E-state index in [1.54, 1.807) is 18.2 Å². The Morgan fingerprint density at radius 1 is 0.963 bits per heavy atom. The van der Waals surface area contributed by atoms with Gasteiger partial charge >= 0.3 is 11.6 Å². The SMILES string of the molecule is Cc1ccccc1OCCOC(=O)COc1ccc2c(C)cc(=O)oc2c1. The number of rotatable bonds is 7. The molecule has 0 unspecified atom stereocenters. The molecule has 3 rings (SSSR count). The van der Waals surface area contributed by atoms with Crippen LogP contribution in [0.25, 0.3) is 11.0 Å². The van der Waals surface area contributed by atoms with Crippen molar-refractivity contribution < 1.29 is 23.4 Å². The summed E-state index contributed by atoms with van der Waals surface area (Å²) < 4.78 is 21.2. The molecule has 1 heterocycles. The van der Waals surface area contributed by atoms with Gasteiger partial charge in [0.25, 0.3) is 0 Å². The number of esters is 1. The van der Waals surface area contributed by atoms with E-state index in [1.807, 2.05) is 38.1 Å². The Morgan fingerprint density at radius 3 is 2.59 bits per heavy atom. The Morgan fingerprint density at radius 2 is 1.78 bits per heavy atom. The zero-order chi connectivity index (χ0) is 19.2. The fourth-order valence-electron chi connectivity index (χ4n) is 2.60. The number of carbonyl (C=O) groups excluding carboxylic acids is 1. The summed E-state index contributed by atoms with van der Waals surface area (Å²) in [6.45, 7) is 3.92. The van der Waals surface area contributed by atoms with Crippen LogP contribution in [0.4, 0.5) is 0 Å². The summed E-state index contributed by atoms with van der Waals surface area (Å²) in [5.41, 5.74) is 1.83. The minimum Gasteiger partial charge on any atom is -0.490 e. The summed E-state index contributed by atoms with van der Waals surface area (Å²) in [7, 11) is 0. The first kappa shape index (κ1) is 18.5. The van der Waals surface area contributed by atoms with Gasteiger partial charge in [-0.15, -0.1) is 0 Å². The van der Waals surface area contributed by atoms with Crippen molar-refractivity contribution in [1.82, 2.24) is 0 Å². The number of aryl methyl sites for hydroxylation is 2. The molecular weight excluding hydrogens is 348 g/mol. The van der Waals surface area contributed by atoms with Crippen molar-refractivity contribution in [2.24, 2.45) is 0 Å². The minimum atomic E-state index is -0.505. The van der Waals surface area contributed by atoms with Crippen molar-refractivity contribution in [3.05, 3.63) is 70.1 Å². The van der Waals surface area contributed by atoms with Gasteiger partial charge in [0, 0.05) is 17.5 Å². The van der Waals surface area contributed by atoms with E-state index in [2.05, 4.69) is 0 Å². The molecule has 0 atom stereocenters. The van der Waals surface area contributed by atoms with E-state index < -0.39 is 11.6 Å². The number of fused-ring (bicyclic) bond motifs is 1. The Labute approximate surface area is 156 Å². The molecule has 0 aliphatic rings. The zero-order valence-electron chi connectivity index (χ0n) is 15.2. The lowest BCUT2D eigenvalue weighted by Gasteiger charge is -2.10. The molecule has 0 radical (unpaired) electrons. The second-order valence-corrected chi connectivity index (χ2v) is 6.03. The third-order valence-corrected chi connectivity index (χ3v) is 3.98.